The van der Waals surface area contributed by atoms with E-state index < -0.39 is 0 Å². The van der Waals surface area contributed by atoms with E-state index in [2.05, 4.69) is 0 Å². The normalized spacial score (nSPS) is 12.8. The summed E-state index contributed by atoms with van der Waals surface area (Å²) in [4.78, 5) is 0. The Morgan fingerprint density at radius 3 is 2.42 bits per heavy atom. The van der Waals surface area contributed by atoms with Crippen LogP contribution >= 0.6 is 23.2 Å². The van der Waals surface area contributed by atoms with Gasteiger partial charge >= 0.3 is 0 Å². The number of benzene rings is 2. The highest BCUT2D eigenvalue weighted by molar-refractivity contribution is 6.35. The van der Waals surface area contributed by atoms with Crippen LogP contribution < -0.4 is 5.73 Å². The van der Waals surface area contributed by atoms with Gasteiger partial charge in [-0.05, 0) is 35.9 Å². The molecule has 0 radical (unpaired) electrons. The third-order valence-corrected chi connectivity index (χ3v) is 3.64. The molecule has 1 unspecified atom stereocenters. The lowest BCUT2D eigenvalue weighted by molar-refractivity contribution is 0.525. The summed E-state index contributed by atoms with van der Waals surface area (Å²) in [7, 11) is 0. The van der Waals surface area contributed by atoms with Crippen LogP contribution in [0.4, 0.5) is 0 Å². The van der Waals surface area contributed by atoms with Crippen molar-refractivity contribution in [3.63, 3.8) is 0 Å². The lowest BCUT2D eigenvalue weighted by Crippen LogP contribution is -2.10. The third-order valence-electron chi connectivity index (χ3n) is 3.06. The fraction of sp³-hybridized carbons (Fsp3) is 0.0667. The van der Waals surface area contributed by atoms with Crippen LogP contribution in [-0.4, -0.2) is 0 Å². The van der Waals surface area contributed by atoms with Crippen LogP contribution in [0.1, 0.15) is 17.4 Å². The van der Waals surface area contributed by atoms with E-state index in [0.717, 1.165) is 16.5 Å². The summed E-state index contributed by atoms with van der Waals surface area (Å²) >= 11 is 12.0. The average molecular weight is 292 g/mol. The Labute approximate surface area is 120 Å². The number of hydrogen-bond acceptors (Lipinski definition) is 2. The SMILES string of the molecule is NC(c1ccc(Cl)cc1)c1cc2c(Cl)cccc2o1. The summed E-state index contributed by atoms with van der Waals surface area (Å²) in [5.41, 5.74) is 7.89. The van der Waals surface area contributed by atoms with Crippen molar-refractivity contribution in [1.29, 1.82) is 0 Å². The zero-order valence-corrected chi connectivity index (χ0v) is 11.4. The first-order valence-electron chi connectivity index (χ1n) is 5.84. The van der Waals surface area contributed by atoms with Crippen LogP contribution in [0.25, 0.3) is 11.0 Å². The van der Waals surface area contributed by atoms with Crippen LogP contribution in [0.2, 0.25) is 10.0 Å². The molecule has 19 heavy (non-hydrogen) atoms. The Bertz CT molecular complexity index is 719. The molecule has 0 amide bonds. The number of hydrogen-bond donors (Lipinski definition) is 1. The summed E-state index contributed by atoms with van der Waals surface area (Å²) in [5.74, 6) is 0.686. The van der Waals surface area contributed by atoms with Crippen molar-refractivity contribution in [2.24, 2.45) is 5.73 Å². The summed E-state index contributed by atoms with van der Waals surface area (Å²) in [5, 5.41) is 2.22. The smallest absolute Gasteiger partial charge is 0.135 e. The molecule has 4 heteroatoms. The largest absolute Gasteiger partial charge is 0.459 e. The maximum atomic E-state index is 6.20. The van der Waals surface area contributed by atoms with Gasteiger partial charge in [0.15, 0.2) is 0 Å². The van der Waals surface area contributed by atoms with Gasteiger partial charge in [-0.2, -0.15) is 0 Å². The van der Waals surface area contributed by atoms with Crippen molar-refractivity contribution in [3.05, 3.63) is 69.9 Å². The lowest BCUT2D eigenvalue weighted by atomic mass is 10.1. The van der Waals surface area contributed by atoms with Crippen LogP contribution in [0.5, 0.6) is 0 Å². The van der Waals surface area contributed by atoms with Gasteiger partial charge in [-0.3, -0.25) is 0 Å². The Balaban J connectivity index is 2.04. The molecule has 3 rings (SSSR count). The number of nitrogens with two attached hydrogens (primary N) is 1. The molecule has 96 valence electrons. The van der Waals surface area contributed by atoms with Gasteiger partial charge in [0.05, 0.1) is 11.1 Å². The summed E-state index contributed by atoms with van der Waals surface area (Å²) in [6, 6.07) is 14.5. The number of fused-ring (bicyclic) bond motifs is 1. The molecule has 0 aliphatic rings. The molecule has 0 saturated carbocycles. The van der Waals surface area contributed by atoms with Crippen LogP contribution in [0.15, 0.2) is 52.9 Å². The second-order valence-corrected chi connectivity index (χ2v) is 5.17. The fourth-order valence-electron chi connectivity index (χ4n) is 2.03. The van der Waals surface area contributed by atoms with Crippen molar-refractivity contribution in [3.8, 4) is 0 Å². The summed E-state index contributed by atoms with van der Waals surface area (Å²) < 4.78 is 5.75. The van der Waals surface area contributed by atoms with Gasteiger partial charge in [-0.25, -0.2) is 0 Å². The van der Waals surface area contributed by atoms with Gasteiger partial charge in [0.1, 0.15) is 11.3 Å². The molecule has 0 fully saturated rings. The minimum atomic E-state index is -0.333. The second kappa shape index (κ2) is 4.89. The number of rotatable bonds is 2. The van der Waals surface area contributed by atoms with Gasteiger partial charge < -0.3 is 10.2 Å². The van der Waals surface area contributed by atoms with Gasteiger partial charge in [0.25, 0.3) is 0 Å². The molecule has 1 atom stereocenters. The molecule has 0 aliphatic heterocycles. The van der Waals surface area contributed by atoms with E-state index in [9.17, 15) is 0 Å². The Morgan fingerprint density at radius 2 is 1.74 bits per heavy atom. The summed E-state index contributed by atoms with van der Waals surface area (Å²) in [6.07, 6.45) is 0. The molecule has 0 aliphatic carbocycles. The maximum Gasteiger partial charge on any atom is 0.135 e. The second-order valence-electron chi connectivity index (χ2n) is 4.33. The number of furan rings is 1. The molecule has 0 saturated heterocycles. The van der Waals surface area contributed by atoms with Crippen molar-refractivity contribution in [2.45, 2.75) is 6.04 Å². The highest BCUT2D eigenvalue weighted by atomic mass is 35.5. The van der Waals surface area contributed by atoms with Gasteiger partial charge in [-0.1, -0.05) is 41.4 Å². The summed E-state index contributed by atoms with van der Waals surface area (Å²) in [6.45, 7) is 0. The monoisotopic (exact) mass is 291 g/mol. The van der Waals surface area contributed by atoms with E-state index in [4.69, 9.17) is 33.4 Å². The first-order valence-corrected chi connectivity index (χ1v) is 6.60. The molecule has 1 heterocycles. The van der Waals surface area contributed by atoms with Gasteiger partial charge in [-0.15, -0.1) is 0 Å². The van der Waals surface area contributed by atoms with E-state index in [-0.39, 0.29) is 6.04 Å². The van der Waals surface area contributed by atoms with Gasteiger partial charge in [0.2, 0.25) is 0 Å². The van der Waals surface area contributed by atoms with Crippen LogP contribution in [0.3, 0.4) is 0 Å². The molecule has 2 N–H and O–H groups in total. The Kier molecular flexibility index (Phi) is 3.23. The van der Waals surface area contributed by atoms with E-state index in [1.165, 1.54) is 0 Å². The third kappa shape index (κ3) is 2.35. The molecular weight excluding hydrogens is 281 g/mol. The van der Waals surface area contributed by atoms with E-state index in [1.807, 2.05) is 48.5 Å². The van der Waals surface area contributed by atoms with Gasteiger partial charge in [0, 0.05) is 10.4 Å². The Morgan fingerprint density at radius 1 is 1.00 bits per heavy atom. The van der Waals surface area contributed by atoms with E-state index >= 15 is 0 Å². The standard InChI is InChI=1S/C15H11Cl2NO/c16-10-6-4-9(5-7-10)15(18)14-8-11-12(17)2-1-3-13(11)19-14/h1-8,15H,18H2. The van der Waals surface area contributed by atoms with E-state index in [0.29, 0.717) is 15.8 Å². The lowest BCUT2D eigenvalue weighted by Gasteiger charge is -2.08. The molecule has 0 spiro atoms. The predicted molar refractivity (Wildman–Crippen MR) is 78.7 cm³/mol. The average Bonchev–Trinajstić information content (AvgIpc) is 2.84. The van der Waals surface area contributed by atoms with Crippen molar-refractivity contribution in [2.75, 3.05) is 0 Å². The van der Waals surface area contributed by atoms with Crippen molar-refractivity contribution >= 4 is 34.2 Å². The zero-order chi connectivity index (χ0) is 13.4. The maximum absolute atomic E-state index is 6.20. The molecular formula is C15H11Cl2NO. The highest BCUT2D eigenvalue weighted by Crippen LogP contribution is 2.31. The first-order chi connectivity index (χ1) is 9.15. The molecule has 0 bridgehead atoms. The zero-order valence-electron chi connectivity index (χ0n) is 9.94. The molecule has 1 aromatic heterocycles. The highest BCUT2D eigenvalue weighted by Gasteiger charge is 2.15. The topological polar surface area (TPSA) is 39.2 Å². The van der Waals surface area contributed by atoms with Crippen LogP contribution in [-0.2, 0) is 0 Å². The molecule has 3 aromatic rings. The molecule has 2 aromatic carbocycles. The van der Waals surface area contributed by atoms with Crippen molar-refractivity contribution < 1.29 is 4.42 Å². The minimum Gasteiger partial charge on any atom is -0.459 e. The Hall–Kier alpha value is -1.48. The quantitative estimate of drug-likeness (QED) is 0.737. The fourth-order valence-corrected chi connectivity index (χ4v) is 2.38. The number of halogens is 2. The van der Waals surface area contributed by atoms with Crippen LogP contribution in [0, 0.1) is 0 Å². The first kappa shape index (κ1) is 12.5. The minimum absolute atomic E-state index is 0.333. The predicted octanol–water partition coefficient (Wildman–Crippen LogP) is 4.79. The van der Waals surface area contributed by atoms with Crippen molar-refractivity contribution in [1.82, 2.24) is 0 Å². The molecule has 2 nitrogen and oxygen atoms in total. The van der Waals surface area contributed by atoms with E-state index in [1.54, 1.807) is 0 Å².